The van der Waals surface area contributed by atoms with Crippen molar-refractivity contribution in [2.45, 2.75) is 63.6 Å². The molecule has 2 fully saturated rings. The molecule has 2 amide bonds. The van der Waals surface area contributed by atoms with E-state index in [1.807, 2.05) is 12.1 Å². The summed E-state index contributed by atoms with van der Waals surface area (Å²) in [5.74, 6) is 0.702. The third-order valence-corrected chi connectivity index (χ3v) is 5.55. The van der Waals surface area contributed by atoms with Crippen LogP contribution in [0.1, 0.15) is 55.8 Å². The zero-order valence-electron chi connectivity index (χ0n) is 15.4. The van der Waals surface area contributed by atoms with Gasteiger partial charge in [0, 0.05) is 11.6 Å². The van der Waals surface area contributed by atoms with Gasteiger partial charge in [-0.05, 0) is 69.3 Å². The number of hydrogen-bond donors (Lipinski definition) is 3. The van der Waals surface area contributed by atoms with Crippen molar-refractivity contribution in [1.82, 2.24) is 10.6 Å². The first-order valence-electron chi connectivity index (χ1n) is 9.63. The minimum Gasteiger partial charge on any atom is -0.490 e. The second-order valence-electron chi connectivity index (χ2n) is 7.49. The third kappa shape index (κ3) is 4.75. The molecule has 1 saturated heterocycles. The van der Waals surface area contributed by atoms with Gasteiger partial charge in [-0.3, -0.25) is 9.59 Å². The Bertz CT molecular complexity index is 626. The molecule has 2 aliphatic rings. The highest BCUT2D eigenvalue weighted by Gasteiger charge is 2.30. The van der Waals surface area contributed by atoms with Crippen molar-refractivity contribution >= 4 is 11.8 Å². The molecule has 0 bridgehead atoms. The molecule has 1 aliphatic carbocycles. The highest BCUT2D eigenvalue weighted by Crippen LogP contribution is 2.32. The van der Waals surface area contributed by atoms with Gasteiger partial charge in [0.1, 0.15) is 17.9 Å². The van der Waals surface area contributed by atoms with Crippen molar-refractivity contribution in [3.8, 4) is 5.75 Å². The average Bonchev–Trinajstić information content (AvgIpc) is 3.17. The maximum Gasteiger partial charge on any atom is 0.251 e. The molecule has 6 heteroatoms. The van der Waals surface area contributed by atoms with Crippen molar-refractivity contribution in [2.75, 3.05) is 6.54 Å². The van der Waals surface area contributed by atoms with Gasteiger partial charge in [-0.15, -0.1) is 0 Å². The molecule has 3 unspecified atom stereocenters. The Hall–Kier alpha value is -2.08. The average molecular weight is 359 g/mol. The molecule has 0 aromatic heterocycles. The van der Waals surface area contributed by atoms with Crippen LogP contribution in [0.3, 0.4) is 0 Å². The summed E-state index contributed by atoms with van der Waals surface area (Å²) >= 11 is 0. The number of nitrogens with two attached hydrogens (primary N) is 1. The standard InChI is InChI=1S/C20H29N3O3/c1-13(19(21)24)23-20(25)15-6-8-16(9-7-15)26-17-10-11-22-18(12-17)14-4-2-3-5-14/h6-9,13-14,17-18,22H,2-5,10-12H2,1H3,(H2,21,24)(H,23,25). The highest BCUT2D eigenvalue weighted by atomic mass is 16.5. The van der Waals surface area contributed by atoms with E-state index in [2.05, 4.69) is 10.6 Å². The fraction of sp³-hybridized carbons (Fsp3) is 0.600. The van der Waals surface area contributed by atoms with E-state index in [9.17, 15) is 9.59 Å². The van der Waals surface area contributed by atoms with E-state index in [4.69, 9.17) is 10.5 Å². The van der Waals surface area contributed by atoms with Gasteiger partial charge in [0.15, 0.2) is 0 Å². The number of benzene rings is 1. The lowest BCUT2D eigenvalue weighted by Gasteiger charge is -2.34. The molecule has 1 aliphatic heterocycles. The van der Waals surface area contributed by atoms with Crippen LogP contribution in [0.4, 0.5) is 0 Å². The van der Waals surface area contributed by atoms with E-state index in [0.29, 0.717) is 11.6 Å². The van der Waals surface area contributed by atoms with Crippen molar-refractivity contribution in [1.29, 1.82) is 0 Å². The molecule has 3 atom stereocenters. The summed E-state index contributed by atoms with van der Waals surface area (Å²) in [6.45, 7) is 2.56. The molecule has 6 nitrogen and oxygen atoms in total. The van der Waals surface area contributed by atoms with E-state index in [0.717, 1.165) is 31.1 Å². The van der Waals surface area contributed by atoms with E-state index in [-0.39, 0.29) is 12.0 Å². The normalized spacial score (nSPS) is 24.8. The second kappa shape index (κ2) is 8.54. The lowest BCUT2D eigenvalue weighted by molar-refractivity contribution is -0.119. The molecule has 3 rings (SSSR count). The summed E-state index contributed by atoms with van der Waals surface area (Å²) in [6.07, 6.45) is 7.63. The number of piperidine rings is 1. The number of carbonyl (C=O) groups is 2. The predicted octanol–water partition coefficient (Wildman–Crippen LogP) is 1.98. The first-order chi connectivity index (χ1) is 12.5. The number of rotatable bonds is 6. The summed E-state index contributed by atoms with van der Waals surface area (Å²) in [7, 11) is 0. The molecule has 1 aromatic carbocycles. The molecule has 0 radical (unpaired) electrons. The van der Waals surface area contributed by atoms with E-state index >= 15 is 0 Å². The predicted molar refractivity (Wildman–Crippen MR) is 100.0 cm³/mol. The molecular formula is C20H29N3O3. The molecule has 1 aromatic rings. The van der Waals surface area contributed by atoms with Crippen LogP contribution in [0.2, 0.25) is 0 Å². The van der Waals surface area contributed by atoms with Crippen molar-refractivity contribution in [3.05, 3.63) is 29.8 Å². The Morgan fingerprint density at radius 1 is 1.19 bits per heavy atom. The Kier molecular flexibility index (Phi) is 6.14. The first-order valence-corrected chi connectivity index (χ1v) is 9.63. The number of amides is 2. The van der Waals surface area contributed by atoms with Gasteiger partial charge in [0.05, 0.1) is 0 Å². The maximum absolute atomic E-state index is 12.1. The lowest BCUT2D eigenvalue weighted by Crippen LogP contribution is -2.45. The van der Waals surface area contributed by atoms with Gasteiger partial charge in [-0.25, -0.2) is 0 Å². The van der Waals surface area contributed by atoms with Crippen molar-refractivity contribution < 1.29 is 14.3 Å². The van der Waals surface area contributed by atoms with Crippen LogP contribution >= 0.6 is 0 Å². The summed E-state index contributed by atoms with van der Waals surface area (Å²) in [4.78, 5) is 23.1. The Labute approximate surface area is 154 Å². The van der Waals surface area contributed by atoms with Gasteiger partial charge in [0.25, 0.3) is 5.91 Å². The minimum absolute atomic E-state index is 0.219. The molecule has 26 heavy (non-hydrogen) atoms. The van der Waals surface area contributed by atoms with Crippen LogP contribution < -0.4 is 21.1 Å². The lowest BCUT2D eigenvalue weighted by atomic mass is 9.89. The number of hydrogen-bond acceptors (Lipinski definition) is 4. The SMILES string of the molecule is CC(NC(=O)c1ccc(OC2CCNC(C3CCCC3)C2)cc1)C(N)=O. The van der Waals surface area contributed by atoms with E-state index in [1.54, 1.807) is 19.1 Å². The molecule has 4 N–H and O–H groups in total. The van der Waals surface area contributed by atoms with Gasteiger partial charge in [0.2, 0.25) is 5.91 Å². The largest absolute Gasteiger partial charge is 0.490 e. The van der Waals surface area contributed by atoms with Crippen LogP contribution in [0.15, 0.2) is 24.3 Å². The highest BCUT2D eigenvalue weighted by molar-refractivity contribution is 5.97. The molecule has 1 saturated carbocycles. The van der Waals surface area contributed by atoms with Crippen LogP contribution in [-0.2, 0) is 4.79 Å². The number of carbonyl (C=O) groups excluding carboxylic acids is 2. The van der Waals surface area contributed by atoms with Crippen molar-refractivity contribution in [2.24, 2.45) is 11.7 Å². The van der Waals surface area contributed by atoms with Crippen LogP contribution in [0.25, 0.3) is 0 Å². The number of primary amides is 1. The zero-order chi connectivity index (χ0) is 18.5. The molecule has 0 spiro atoms. The fourth-order valence-corrected chi connectivity index (χ4v) is 3.97. The molecule has 1 heterocycles. The summed E-state index contributed by atoms with van der Waals surface area (Å²) in [6, 6.07) is 6.94. The van der Waals surface area contributed by atoms with Gasteiger partial charge >= 0.3 is 0 Å². The van der Waals surface area contributed by atoms with Crippen LogP contribution in [0.5, 0.6) is 5.75 Å². The zero-order valence-corrected chi connectivity index (χ0v) is 15.4. The topological polar surface area (TPSA) is 93.4 Å². The smallest absolute Gasteiger partial charge is 0.251 e. The third-order valence-electron chi connectivity index (χ3n) is 5.55. The van der Waals surface area contributed by atoms with E-state index in [1.165, 1.54) is 25.7 Å². The Balaban J connectivity index is 1.53. The first kappa shape index (κ1) is 18.7. The van der Waals surface area contributed by atoms with Gasteiger partial charge < -0.3 is 21.1 Å². The van der Waals surface area contributed by atoms with Gasteiger partial charge in [-0.1, -0.05) is 12.8 Å². The maximum atomic E-state index is 12.1. The number of nitrogens with one attached hydrogen (secondary N) is 2. The summed E-state index contributed by atoms with van der Waals surface area (Å²) < 4.78 is 6.15. The van der Waals surface area contributed by atoms with Crippen LogP contribution in [0, 0.1) is 5.92 Å². The molecular weight excluding hydrogens is 330 g/mol. The quantitative estimate of drug-likeness (QED) is 0.724. The van der Waals surface area contributed by atoms with Gasteiger partial charge in [-0.2, -0.15) is 0 Å². The van der Waals surface area contributed by atoms with Crippen LogP contribution in [-0.4, -0.2) is 36.5 Å². The number of ether oxygens (including phenoxy) is 1. The summed E-state index contributed by atoms with van der Waals surface area (Å²) in [5, 5.41) is 6.23. The minimum atomic E-state index is -0.694. The monoisotopic (exact) mass is 359 g/mol. The van der Waals surface area contributed by atoms with E-state index < -0.39 is 11.9 Å². The Morgan fingerprint density at radius 3 is 2.54 bits per heavy atom. The molecule has 142 valence electrons. The summed E-state index contributed by atoms with van der Waals surface area (Å²) in [5.41, 5.74) is 5.65. The Morgan fingerprint density at radius 2 is 1.88 bits per heavy atom. The fourth-order valence-electron chi connectivity index (χ4n) is 3.97. The second-order valence-corrected chi connectivity index (χ2v) is 7.49. The van der Waals surface area contributed by atoms with Crippen molar-refractivity contribution in [3.63, 3.8) is 0 Å².